The van der Waals surface area contributed by atoms with Crippen LogP contribution in [0.25, 0.3) is 5.65 Å². The molecule has 0 spiro atoms. The zero-order valence-corrected chi connectivity index (χ0v) is 15.3. The quantitative estimate of drug-likeness (QED) is 0.662. The number of hydrogen-bond acceptors (Lipinski definition) is 4. The molecule has 2 aromatic heterocycles. The Morgan fingerprint density at radius 1 is 0.913 bits per heavy atom. The molecule has 0 fully saturated rings. The van der Waals surface area contributed by atoms with E-state index in [1.807, 2.05) is 70.3 Å². The molecule has 0 bridgehead atoms. The number of hydrogen-bond donors (Lipinski definition) is 0. The average Bonchev–Trinajstić information content (AvgIpc) is 2.83. The monoisotopic (exact) mass is 312 g/mol. The van der Waals surface area contributed by atoms with Crippen molar-refractivity contribution in [1.82, 2.24) is 9.38 Å². The van der Waals surface area contributed by atoms with Crippen LogP contribution in [-0.2, 0) is 14.0 Å². The van der Waals surface area contributed by atoms with Gasteiger partial charge in [0.15, 0.2) is 0 Å². The Balaban J connectivity index is 0.00000264. The summed E-state index contributed by atoms with van der Waals surface area (Å²) in [6.07, 6.45) is 3.57. The van der Waals surface area contributed by atoms with Gasteiger partial charge < -0.3 is 18.4 Å². The van der Waals surface area contributed by atoms with Gasteiger partial charge in [-0.15, -0.1) is 0 Å². The summed E-state index contributed by atoms with van der Waals surface area (Å²) in [7, 11) is 0. The second-order valence-electron chi connectivity index (χ2n) is 6.30. The third kappa shape index (κ3) is 4.85. The third-order valence-corrected chi connectivity index (χ3v) is 3.18. The molecule has 0 aliphatic rings. The molecule has 7 heteroatoms. The Bertz CT molecular complexity index is 590. The zero-order chi connectivity index (χ0) is 16.3. The van der Waals surface area contributed by atoms with Gasteiger partial charge in [0.1, 0.15) is 5.65 Å². The maximum Gasteiger partial charge on any atom is 1.00 e. The summed E-state index contributed by atoms with van der Waals surface area (Å²) < 4.78 is 20.5. The van der Waals surface area contributed by atoms with E-state index in [9.17, 15) is 0 Å². The molecule has 122 valence electrons. The smallest absolute Gasteiger partial charge is 0.538 e. The molecule has 2 rings (SSSR count). The Hall–Kier alpha value is -0.768. The standard InChI is InChI=1S/C16H26BN2O3.Li/c1-12(2)20-17(21-13(3)4,22-14(5)6)15-8-7-9-16-18-10-11-19(15)16;/h7-14H,1-6H3;/q-1;+1. The average molecular weight is 312 g/mol. The van der Waals surface area contributed by atoms with Crippen molar-refractivity contribution in [3.63, 3.8) is 0 Å². The number of aromatic nitrogens is 2. The first-order valence-corrected chi connectivity index (χ1v) is 7.93. The van der Waals surface area contributed by atoms with Gasteiger partial charge in [0.2, 0.25) is 0 Å². The maximum atomic E-state index is 6.19. The molecule has 0 amide bonds. The molecule has 0 radical (unpaired) electrons. The van der Waals surface area contributed by atoms with Crippen LogP contribution in [0.4, 0.5) is 0 Å². The number of nitrogens with zero attached hydrogens (tertiary/aromatic N) is 2. The van der Waals surface area contributed by atoms with E-state index in [1.165, 1.54) is 0 Å². The minimum absolute atomic E-state index is 0. The van der Waals surface area contributed by atoms with Crippen LogP contribution in [0.15, 0.2) is 30.6 Å². The van der Waals surface area contributed by atoms with Gasteiger partial charge >= 0.3 is 25.6 Å². The van der Waals surface area contributed by atoms with E-state index >= 15 is 0 Å². The number of imidazole rings is 1. The fourth-order valence-corrected chi connectivity index (χ4v) is 2.64. The Morgan fingerprint density at radius 2 is 1.43 bits per heavy atom. The van der Waals surface area contributed by atoms with Gasteiger partial charge in [-0.2, -0.15) is 0 Å². The van der Waals surface area contributed by atoms with Crippen molar-refractivity contribution in [3.05, 3.63) is 30.6 Å². The van der Waals surface area contributed by atoms with Crippen molar-refractivity contribution in [2.24, 2.45) is 0 Å². The molecule has 0 saturated carbocycles. The molecule has 0 unspecified atom stereocenters. The first-order valence-electron chi connectivity index (χ1n) is 7.93. The first kappa shape index (κ1) is 20.3. The van der Waals surface area contributed by atoms with Crippen molar-refractivity contribution in [2.75, 3.05) is 0 Å². The molecule has 0 N–H and O–H groups in total. The molecule has 0 aliphatic carbocycles. The van der Waals surface area contributed by atoms with Gasteiger partial charge in [-0.05, 0) is 53.2 Å². The third-order valence-electron chi connectivity index (χ3n) is 3.18. The Morgan fingerprint density at radius 3 is 1.91 bits per heavy atom. The number of rotatable bonds is 7. The Labute approximate surface area is 150 Å². The summed E-state index contributed by atoms with van der Waals surface area (Å²) in [5.41, 5.74) is 1.68. The molecule has 5 nitrogen and oxygen atoms in total. The van der Waals surface area contributed by atoms with E-state index in [4.69, 9.17) is 14.0 Å². The van der Waals surface area contributed by atoms with E-state index in [0.717, 1.165) is 11.2 Å². The molecular formula is C16H26BLiN2O3. The molecular weight excluding hydrogens is 286 g/mol. The van der Waals surface area contributed by atoms with Crippen LogP contribution in [0.5, 0.6) is 0 Å². The zero-order valence-electron chi connectivity index (χ0n) is 15.3. The predicted molar refractivity (Wildman–Crippen MR) is 89.2 cm³/mol. The molecule has 0 saturated heterocycles. The molecule has 0 aliphatic heterocycles. The van der Waals surface area contributed by atoms with Crippen molar-refractivity contribution in [3.8, 4) is 0 Å². The first-order chi connectivity index (χ1) is 10.3. The Kier molecular flexibility index (Phi) is 7.38. The van der Waals surface area contributed by atoms with Crippen molar-refractivity contribution < 1.29 is 32.8 Å². The molecule has 23 heavy (non-hydrogen) atoms. The topological polar surface area (TPSA) is 45.0 Å². The molecule has 2 aromatic rings. The second-order valence-corrected chi connectivity index (χ2v) is 6.30. The van der Waals surface area contributed by atoms with Crippen molar-refractivity contribution in [1.29, 1.82) is 0 Å². The van der Waals surface area contributed by atoms with Gasteiger partial charge in [-0.25, -0.2) is 4.98 Å². The summed E-state index contributed by atoms with van der Waals surface area (Å²) in [5.74, 6) is 0. The van der Waals surface area contributed by atoms with Gasteiger partial charge in [0.25, 0.3) is 0 Å². The van der Waals surface area contributed by atoms with E-state index in [-0.39, 0.29) is 37.2 Å². The summed E-state index contributed by atoms with van der Waals surface area (Å²) >= 11 is 0. The number of fused-ring (bicyclic) bond motifs is 1. The minimum Gasteiger partial charge on any atom is -0.538 e. The summed E-state index contributed by atoms with van der Waals surface area (Å²) in [6.45, 7) is 9.83. The SMILES string of the molecule is CC(C)O[B-](OC(C)C)(OC(C)C)c1cccc2nccn12.[Li+]. The van der Waals surface area contributed by atoms with Crippen LogP contribution < -0.4 is 24.5 Å². The molecule has 0 atom stereocenters. The summed E-state index contributed by atoms with van der Waals surface area (Å²) in [6, 6.07) is 5.87. The van der Waals surface area contributed by atoms with E-state index < -0.39 is 6.75 Å². The largest absolute Gasteiger partial charge is 1.00 e. The second kappa shape index (κ2) is 8.37. The van der Waals surface area contributed by atoms with Crippen LogP contribution in [-0.4, -0.2) is 34.5 Å². The van der Waals surface area contributed by atoms with Crippen LogP contribution >= 0.6 is 0 Å². The van der Waals surface area contributed by atoms with Crippen molar-refractivity contribution >= 4 is 18.0 Å². The normalized spacial score (nSPS) is 12.4. The fourth-order valence-electron chi connectivity index (χ4n) is 2.64. The molecule has 0 aromatic carbocycles. The summed E-state index contributed by atoms with van der Waals surface area (Å²) in [4.78, 5) is 4.34. The fraction of sp³-hybridized carbons (Fsp3) is 0.562. The van der Waals surface area contributed by atoms with Crippen LogP contribution in [0.1, 0.15) is 41.5 Å². The van der Waals surface area contributed by atoms with Gasteiger partial charge in [-0.3, -0.25) is 0 Å². The van der Waals surface area contributed by atoms with Crippen molar-refractivity contribution in [2.45, 2.75) is 59.9 Å². The van der Waals surface area contributed by atoms with Gasteiger partial charge in [0, 0.05) is 30.7 Å². The predicted octanol–water partition coefficient (Wildman–Crippen LogP) is -0.241. The van der Waals surface area contributed by atoms with Gasteiger partial charge in [-0.1, -0.05) is 12.1 Å². The van der Waals surface area contributed by atoms with E-state index in [2.05, 4.69) is 4.98 Å². The molecule has 2 heterocycles. The minimum atomic E-state index is -2.08. The van der Waals surface area contributed by atoms with Crippen LogP contribution in [0.2, 0.25) is 0 Å². The maximum absolute atomic E-state index is 6.19. The number of pyridine rings is 1. The van der Waals surface area contributed by atoms with Crippen LogP contribution in [0.3, 0.4) is 0 Å². The summed E-state index contributed by atoms with van der Waals surface area (Å²) in [5, 5.41) is 0. The van der Waals surface area contributed by atoms with E-state index in [1.54, 1.807) is 6.20 Å². The van der Waals surface area contributed by atoms with Crippen LogP contribution in [0, 0.1) is 0 Å². The van der Waals surface area contributed by atoms with E-state index in [0.29, 0.717) is 0 Å². The van der Waals surface area contributed by atoms with Gasteiger partial charge in [0.05, 0.1) is 0 Å².